The highest BCUT2D eigenvalue weighted by molar-refractivity contribution is 7.89. The predicted octanol–water partition coefficient (Wildman–Crippen LogP) is -0.988. The maximum Gasteiger partial charge on any atom is 0.371 e. The van der Waals surface area contributed by atoms with Crippen LogP contribution in [0.5, 0.6) is 0 Å². The zero-order chi connectivity index (χ0) is 14.4. The highest BCUT2D eigenvalue weighted by Crippen LogP contribution is 2.26. The molecule has 0 aromatic carbocycles. The van der Waals surface area contributed by atoms with Gasteiger partial charge in [0.1, 0.15) is 10.7 Å². The molecule has 0 aliphatic carbocycles. The standard InChI is InChI=1S/C10H13NO7S/c1-5-9(2-8(18-5)10(14)15)19(16,17)11-3-6(12)7(13)4-11/h2,6-7,12-13H,3-4H2,1H3,(H,14,15)/t6-,7+. The minimum absolute atomic E-state index is 0.0479. The molecule has 1 aliphatic heterocycles. The second-order valence-corrected chi connectivity index (χ2v) is 6.20. The fourth-order valence-electron chi connectivity index (χ4n) is 1.90. The van der Waals surface area contributed by atoms with Crippen molar-refractivity contribution in [3.05, 3.63) is 17.6 Å². The Hall–Kier alpha value is -1.42. The first-order valence-corrected chi connectivity index (χ1v) is 6.87. The summed E-state index contributed by atoms with van der Waals surface area (Å²) < 4.78 is 30.2. The molecule has 0 amide bonds. The lowest BCUT2D eigenvalue weighted by Crippen LogP contribution is -2.30. The van der Waals surface area contributed by atoms with E-state index in [2.05, 4.69) is 0 Å². The molecule has 0 bridgehead atoms. The summed E-state index contributed by atoms with van der Waals surface area (Å²) >= 11 is 0. The number of hydrogen-bond donors (Lipinski definition) is 3. The molecular formula is C10H13NO7S. The van der Waals surface area contributed by atoms with Crippen LogP contribution in [0, 0.1) is 6.92 Å². The Morgan fingerprint density at radius 2 is 1.89 bits per heavy atom. The van der Waals surface area contributed by atoms with Gasteiger partial charge < -0.3 is 19.7 Å². The average molecular weight is 291 g/mol. The number of carboxylic acids is 1. The minimum atomic E-state index is -3.99. The van der Waals surface area contributed by atoms with Crippen LogP contribution in [0.25, 0.3) is 0 Å². The zero-order valence-electron chi connectivity index (χ0n) is 9.98. The summed E-state index contributed by atoms with van der Waals surface area (Å²) in [7, 11) is -3.99. The molecule has 106 valence electrons. The van der Waals surface area contributed by atoms with Crippen LogP contribution in [0.3, 0.4) is 0 Å². The van der Waals surface area contributed by atoms with Gasteiger partial charge in [-0.1, -0.05) is 0 Å². The summed E-state index contributed by atoms with van der Waals surface area (Å²) in [5, 5.41) is 27.5. The van der Waals surface area contributed by atoms with Crippen molar-refractivity contribution in [1.29, 1.82) is 0 Å². The molecule has 0 radical (unpaired) electrons. The van der Waals surface area contributed by atoms with Gasteiger partial charge >= 0.3 is 5.97 Å². The molecule has 3 N–H and O–H groups in total. The molecule has 0 saturated carbocycles. The SMILES string of the molecule is Cc1oc(C(=O)O)cc1S(=O)(=O)N1C[C@@H](O)[C@@H](O)C1. The summed E-state index contributed by atoms with van der Waals surface area (Å²) in [4.78, 5) is 10.5. The molecule has 1 aromatic rings. The molecular weight excluding hydrogens is 278 g/mol. The number of sulfonamides is 1. The largest absolute Gasteiger partial charge is 0.475 e. The van der Waals surface area contributed by atoms with Crippen LogP contribution < -0.4 is 0 Å². The molecule has 0 spiro atoms. The number of hydrogen-bond acceptors (Lipinski definition) is 6. The van der Waals surface area contributed by atoms with Crippen molar-refractivity contribution in [3.8, 4) is 0 Å². The summed E-state index contributed by atoms with van der Waals surface area (Å²) in [6.45, 7) is 0.856. The lowest BCUT2D eigenvalue weighted by atomic mass is 10.3. The van der Waals surface area contributed by atoms with Crippen LogP contribution in [-0.2, 0) is 10.0 Å². The average Bonchev–Trinajstić information content (AvgIpc) is 2.84. The van der Waals surface area contributed by atoms with Crippen LogP contribution in [0.4, 0.5) is 0 Å². The van der Waals surface area contributed by atoms with Gasteiger partial charge in [-0.15, -0.1) is 0 Å². The van der Waals surface area contributed by atoms with E-state index < -0.39 is 34.0 Å². The van der Waals surface area contributed by atoms with Crippen molar-refractivity contribution in [1.82, 2.24) is 4.31 Å². The van der Waals surface area contributed by atoms with Gasteiger partial charge in [0.2, 0.25) is 15.8 Å². The third-order valence-corrected chi connectivity index (χ3v) is 4.87. The molecule has 1 aliphatic rings. The van der Waals surface area contributed by atoms with Crippen LogP contribution in [0.15, 0.2) is 15.4 Å². The topological polar surface area (TPSA) is 128 Å². The van der Waals surface area contributed by atoms with E-state index in [4.69, 9.17) is 9.52 Å². The first kappa shape index (κ1) is 14.0. The van der Waals surface area contributed by atoms with Crippen molar-refractivity contribution >= 4 is 16.0 Å². The van der Waals surface area contributed by atoms with Gasteiger partial charge in [-0.25, -0.2) is 13.2 Å². The van der Waals surface area contributed by atoms with Gasteiger partial charge in [0, 0.05) is 19.2 Å². The van der Waals surface area contributed by atoms with Gasteiger partial charge in [-0.2, -0.15) is 4.31 Å². The Kier molecular flexibility index (Phi) is 3.39. The van der Waals surface area contributed by atoms with Gasteiger partial charge in [-0.3, -0.25) is 0 Å². The molecule has 1 fully saturated rings. The smallest absolute Gasteiger partial charge is 0.371 e. The quantitative estimate of drug-likeness (QED) is 0.652. The number of aryl methyl sites for hydroxylation is 1. The molecule has 2 heterocycles. The van der Waals surface area contributed by atoms with Gasteiger partial charge in [-0.05, 0) is 6.92 Å². The minimum Gasteiger partial charge on any atom is -0.475 e. The Morgan fingerprint density at radius 1 is 1.37 bits per heavy atom. The fourth-order valence-corrected chi connectivity index (χ4v) is 3.53. The Morgan fingerprint density at radius 3 is 2.32 bits per heavy atom. The summed E-state index contributed by atoms with van der Waals surface area (Å²) in [6, 6.07) is 0.921. The number of aliphatic hydroxyl groups is 2. The van der Waals surface area contributed by atoms with Crippen molar-refractivity contribution < 1.29 is 32.9 Å². The predicted molar refractivity (Wildman–Crippen MR) is 61.2 cm³/mol. The molecule has 1 saturated heterocycles. The second kappa shape index (κ2) is 4.60. The lowest BCUT2D eigenvalue weighted by molar-refractivity contribution is 0.0572. The first-order chi connectivity index (χ1) is 8.73. The fraction of sp³-hybridized carbons (Fsp3) is 0.500. The molecule has 8 nitrogen and oxygen atoms in total. The second-order valence-electron chi connectivity index (χ2n) is 4.29. The monoisotopic (exact) mass is 291 g/mol. The van der Waals surface area contributed by atoms with E-state index >= 15 is 0 Å². The van der Waals surface area contributed by atoms with E-state index in [0.29, 0.717) is 0 Å². The van der Waals surface area contributed by atoms with Crippen LogP contribution in [-0.4, -0.2) is 59.3 Å². The third-order valence-electron chi connectivity index (χ3n) is 2.93. The Bertz CT molecular complexity index is 595. The van der Waals surface area contributed by atoms with Crippen LogP contribution >= 0.6 is 0 Å². The van der Waals surface area contributed by atoms with Gasteiger partial charge in [0.15, 0.2) is 0 Å². The molecule has 9 heteroatoms. The maximum absolute atomic E-state index is 12.2. The van der Waals surface area contributed by atoms with Crippen molar-refractivity contribution in [2.75, 3.05) is 13.1 Å². The van der Waals surface area contributed by atoms with E-state index in [9.17, 15) is 23.4 Å². The van der Waals surface area contributed by atoms with E-state index in [1.54, 1.807) is 0 Å². The number of nitrogens with zero attached hydrogens (tertiary/aromatic N) is 1. The summed E-state index contributed by atoms with van der Waals surface area (Å²) in [6.07, 6.45) is -2.30. The van der Waals surface area contributed by atoms with E-state index in [-0.39, 0.29) is 23.7 Å². The summed E-state index contributed by atoms with van der Waals surface area (Å²) in [5.41, 5.74) is 0. The first-order valence-electron chi connectivity index (χ1n) is 5.43. The number of carboxylic acid groups (broad SMARTS) is 1. The lowest BCUT2D eigenvalue weighted by Gasteiger charge is -2.14. The van der Waals surface area contributed by atoms with E-state index in [0.717, 1.165) is 10.4 Å². The Balaban J connectivity index is 2.38. The number of carbonyl (C=O) groups is 1. The third kappa shape index (κ3) is 2.37. The van der Waals surface area contributed by atoms with E-state index in [1.165, 1.54) is 6.92 Å². The van der Waals surface area contributed by atoms with Gasteiger partial charge in [0.05, 0.1) is 12.2 Å². The highest BCUT2D eigenvalue weighted by atomic mass is 32.2. The summed E-state index contributed by atoms with van der Waals surface area (Å²) in [5.74, 6) is -1.89. The molecule has 0 unspecified atom stereocenters. The Labute approximate surface area is 108 Å². The number of aromatic carboxylic acids is 1. The normalized spacial score (nSPS) is 24.8. The van der Waals surface area contributed by atoms with E-state index in [1.807, 2.05) is 0 Å². The number of aliphatic hydroxyl groups excluding tert-OH is 2. The van der Waals surface area contributed by atoms with Crippen LogP contribution in [0.2, 0.25) is 0 Å². The molecule has 19 heavy (non-hydrogen) atoms. The number of rotatable bonds is 3. The number of furan rings is 1. The van der Waals surface area contributed by atoms with Crippen LogP contribution in [0.1, 0.15) is 16.3 Å². The molecule has 2 atom stereocenters. The zero-order valence-corrected chi connectivity index (χ0v) is 10.8. The molecule has 1 aromatic heterocycles. The van der Waals surface area contributed by atoms with Gasteiger partial charge in [0.25, 0.3) is 0 Å². The highest BCUT2D eigenvalue weighted by Gasteiger charge is 2.39. The molecule has 2 rings (SSSR count). The van der Waals surface area contributed by atoms with Crippen molar-refractivity contribution in [2.24, 2.45) is 0 Å². The van der Waals surface area contributed by atoms with Crippen molar-refractivity contribution in [2.45, 2.75) is 24.0 Å². The number of β-amino-alcohol motifs (C(OH)–C–C–N with tert-alkyl or cyclic N) is 2. The maximum atomic E-state index is 12.2. The van der Waals surface area contributed by atoms with Crippen molar-refractivity contribution in [3.63, 3.8) is 0 Å².